The van der Waals surface area contributed by atoms with Crippen molar-refractivity contribution in [1.29, 1.82) is 0 Å². The van der Waals surface area contributed by atoms with Gasteiger partial charge in [0.15, 0.2) is 11.5 Å². The van der Waals surface area contributed by atoms with Gasteiger partial charge in [0.25, 0.3) is 0 Å². The highest BCUT2D eigenvalue weighted by atomic mass is 35.5. The smallest absolute Gasteiger partial charge is 0.465 e. The molecule has 2 aromatic carbocycles. The molecule has 28 heavy (non-hydrogen) atoms. The lowest BCUT2D eigenvalue weighted by molar-refractivity contribution is -0.317. The van der Waals surface area contributed by atoms with E-state index in [-0.39, 0.29) is 27.8 Å². The molecule has 0 saturated carbocycles. The first-order valence-corrected chi connectivity index (χ1v) is 8.03. The molecule has 2 aromatic rings. The molecule has 0 bridgehead atoms. The quantitative estimate of drug-likeness (QED) is 0.740. The summed E-state index contributed by atoms with van der Waals surface area (Å²) in [5.74, 6) is -4.52. The van der Waals surface area contributed by atoms with Gasteiger partial charge in [0.2, 0.25) is 0 Å². The van der Waals surface area contributed by atoms with Crippen molar-refractivity contribution in [3.05, 3.63) is 53.1 Å². The van der Waals surface area contributed by atoms with Crippen LogP contribution >= 0.6 is 11.6 Å². The second-order valence-electron chi connectivity index (χ2n) is 5.56. The maximum atomic E-state index is 13.6. The van der Waals surface area contributed by atoms with Crippen molar-refractivity contribution in [1.82, 2.24) is 5.32 Å². The number of methoxy groups -OCH3 is 1. The molecule has 0 spiro atoms. The van der Waals surface area contributed by atoms with Crippen LogP contribution in [0.5, 0.6) is 11.5 Å². The van der Waals surface area contributed by atoms with Crippen molar-refractivity contribution < 1.29 is 37.0 Å². The maximum Gasteiger partial charge on any atom is 0.492 e. The van der Waals surface area contributed by atoms with E-state index in [1.807, 2.05) is 0 Å². The Balaban J connectivity index is 1.76. The van der Waals surface area contributed by atoms with Crippen molar-refractivity contribution in [3.63, 3.8) is 0 Å². The van der Waals surface area contributed by atoms with Gasteiger partial charge >= 0.3 is 24.1 Å². The van der Waals surface area contributed by atoms with Crippen LogP contribution in [0, 0.1) is 0 Å². The number of urea groups is 1. The summed E-state index contributed by atoms with van der Waals surface area (Å²) in [7, 11) is 1.20. The average molecular weight is 417 g/mol. The number of esters is 1. The van der Waals surface area contributed by atoms with Gasteiger partial charge in [-0.1, -0.05) is 11.6 Å². The van der Waals surface area contributed by atoms with E-state index in [4.69, 9.17) is 21.1 Å². The van der Waals surface area contributed by atoms with E-state index in [1.54, 1.807) is 5.32 Å². The summed E-state index contributed by atoms with van der Waals surface area (Å²) in [5, 5.41) is 3.98. The fraction of sp³-hybridized carbons (Fsp3) is 0.176. The molecule has 3 rings (SSSR count). The minimum atomic E-state index is -5.11. The van der Waals surface area contributed by atoms with Gasteiger partial charge in [0.05, 0.1) is 12.7 Å². The molecule has 0 fully saturated rings. The molecular formula is C17H12ClF3N2O5. The highest BCUT2D eigenvalue weighted by Gasteiger charge is 2.65. The highest BCUT2D eigenvalue weighted by molar-refractivity contribution is 6.30. The zero-order valence-electron chi connectivity index (χ0n) is 14.1. The van der Waals surface area contributed by atoms with Crippen molar-refractivity contribution in [2.24, 2.45) is 0 Å². The van der Waals surface area contributed by atoms with Crippen LogP contribution in [-0.4, -0.2) is 31.2 Å². The van der Waals surface area contributed by atoms with Gasteiger partial charge in [-0.2, -0.15) is 13.2 Å². The van der Waals surface area contributed by atoms with Crippen molar-refractivity contribution in [2.75, 3.05) is 12.4 Å². The minimum Gasteiger partial charge on any atom is -0.465 e. The first kappa shape index (κ1) is 19.6. The van der Waals surface area contributed by atoms with Crippen LogP contribution in [0.1, 0.15) is 10.4 Å². The number of hydrogen-bond donors (Lipinski definition) is 2. The SMILES string of the molecule is COC(=O)c1ccc(NC(=O)NC2(C(F)(F)F)Oc3ccc(Cl)cc3O2)cc1. The average Bonchev–Trinajstić information content (AvgIpc) is 2.99. The van der Waals surface area contributed by atoms with Gasteiger partial charge in [-0.3, -0.25) is 5.32 Å². The van der Waals surface area contributed by atoms with E-state index >= 15 is 0 Å². The van der Waals surface area contributed by atoms with Gasteiger partial charge in [-0.15, -0.1) is 0 Å². The Morgan fingerprint density at radius 3 is 2.32 bits per heavy atom. The van der Waals surface area contributed by atoms with Crippen LogP contribution in [0.4, 0.5) is 23.7 Å². The van der Waals surface area contributed by atoms with Crippen LogP contribution in [0.2, 0.25) is 5.02 Å². The molecular weight excluding hydrogens is 405 g/mol. The number of rotatable bonds is 3. The van der Waals surface area contributed by atoms with E-state index in [1.165, 1.54) is 43.5 Å². The first-order chi connectivity index (χ1) is 13.1. The van der Waals surface area contributed by atoms with E-state index in [0.29, 0.717) is 0 Å². The van der Waals surface area contributed by atoms with Gasteiger partial charge in [0, 0.05) is 16.8 Å². The molecule has 0 radical (unpaired) electrons. The van der Waals surface area contributed by atoms with Gasteiger partial charge in [-0.05, 0) is 36.4 Å². The van der Waals surface area contributed by atoms with Crippen molar-refractivity contribution >= 4 is 29.3 Å². The van der Waals surface area contributed by atoms with Crippen molar-refractivity contribution in [3.8, 4) is 11.5 Å². The molecule has 1 atom stereocenters. The fourth-order valence-electron chi connectivity index (χ4n) is 2.33. The molecule has 0 aromatic heterocycles. The minimum absolute atomic E-state index is 0.126. The third kappa shape index (κ3) is 3.77. The molecule has 1 aliphatic heterocycles. The number of halogens is 4. The van der Waals surface area contributed by atoms with Crippen LogP contribution < -0.4 is 20.1 Å². The van der Waals surface area contributed by atoms with E-state index in [9.17, 15) is 22.8 Å². The third-order valence-corrected chi connectivity index (χ3v) is 3.86. The van der Waals surface area contributed by atoms with Gasteiger partial charge < -0.3 is 19.5 Å². The Bertz CT molecular complexity index is 920. The Hall–Kier alpha value is -3.14. The number of amides is 2. The molecule has 1 heterocycles. The van der Waals surface area contributed by atoms with Crippen molar-refractivity contribution in [2.45, 2.75) is 12.1 Å². The Labute approximate surface area is 161 Å². The Morgan fingerprint density at radius 1 is 1.07 bits per heavy atom. The fourth-order valence-corrected chi connectivity index (χ4v) is 2.50. The second kappa shape index (κ2) is 7.12. The predicted molar refractivity (Wildman–Crippen MR) is 91.4 cm³/mol. The standard InChI is InChI=1S/C17H12ClF3N2O5/c1-26-14(24)9-2-5-11(6-3-9)22-15(25)23-17(16(19,20)21)27-12-7-4-10(18)8-13(12)28-17/h2-8H,1H3,(H2,22,23,25). The number of carbonyl (C=O) groups excluding carboxylic acids is 2. The molecule has 148 valence electrons. The molecule has 1 aliphatic rings. The number of hydrogen-bond acceptors (Lipinski definition) is 5. The number of benzene rings is 2. The molecule has 0 aliphatic carbocycles. The van der Waals surface area contributed by atoms with E-state index in [0.717, 1.165) is 6.07 Å². The number of nitrogens with one attached hydrogen (secondary N) is 2. The van der Waals surface area contributed by atoms with Crippen LogP contribution in [-0.2, 0) is 4.74 Å². The lowest BCUT2D eigenvalue weighted by atomic mass is 10.2. The topological polar surface area (TPSA) is 85.9 Å². The molecule has 2 N–H and O–H groups in total. The number of anilines is 1. The normalized spacial score (nSPS) is 17.8. The van der Waals surface area contributed by atoms with E-state index in [2.05, 4.69) is 10.1 Å². The number of carbonyl (C=O) groups is 2. The van der Waals surface area contributed by atoms with Gasteiger partial charge in [0.1, 0.15) is 0 Å². The summed E-state index contributed by atoms with van der Waals surface area (Å²) in [5.41, 5.74) is 0.330. The number of ether oxygens (including phenoxy) is 3. The zero-order valence-corrected chi connectivity index (χ0v) is 14.9. The predicted octanol–water partition coefficient (Wildman–Crippen LogP) is 3.94. The molecule has 7 nitrogen and oxygen atoms in total. The van der Waals surface area contributed by atoms with Crippen LogP contribution in [0.15, 0.2) is 42.5 Å². The summed E-state index contributed by atoms with van der Waals surface area (Å²) in [6, 6.07) is 7.70. The monoisotopic (exact) mass is 416 g/mol. The van der Waals surface area contributed by atoms with Crippen LogP contribution in [0.25, 0.3) is 0 Å². The molecule has 2 amide bonds. The van der Waals surface area contributed by atoms with E-state index < -0.39 is 24.1 Å². The lowest BCUT2D eigenvalue weighted by Gasteiger charge is -2.29. The maximum absolute atomic E-state index is 13.6. The lowest BCUT2D eigenvalue weighted by Crippen LogP contribution is -2.65. The second-order valence-corrected chi connectivity index (χ2v) is 5.99. The van der Waals surface area contributed by atoms with Crippen LogP contribution in [0.3, 0.4) is 0 Å². The molecule has 11 heteroatoms. The molecule has 1 unspecified atom stereocenters. The summed E-state index contributed by atoms with van der Waals surface area (Å²) in [6.45, 7) is 0. The Morgan fingerprint density at radius 2 is 1.71 bits per heavy atom. The summed E-state index contributed by atoms with van der Waals surface area (Å²) in [4.78, 5) is 23.5. The highest BCUT2D eigenvalue weighted by Crippen LogP contribution is 2.46. The number of fused-ring (bicyclic) bond motifs is 1. The summed E-state index contributed by atoms with van der Waals surface area (Å²) in [6.07, 6.45) is -5.11. The van der Waals surface area contributed by atoms with Gasteiger partial charge in [-0.25, -0.2) is 9.59 Å². The summed E-state index contributed by atoms with van der Waals surface area (Å²) < 4.78 is 55.0. The third-order valence-electron chi connectivity index (χ3n) is 3.63. The zero-order chi connectivity index (χ0) is 20.5. The largest absolute Gasteiger partial charge is 0.492 e. The first-order valence-electron chi connectivity index (χ1n) is 7.65. The Kier molecular flexibility index (Phi) is 4.99. The summed E-state index contributed by atoms with van der Waals surface area (Å²) >= 11 is 5.74. The number of alkyl halides is 3. The molecule has 0 saturated heterocycles.